The van der Waals surface area contributed by atoms with Crippen LogP contribution in [0.1, 0.15) is 10.4 Å². The summed E-state index contributed by atoms with van der Waals surface area (Å²) >= 11 is 17.9. The normalized spacial score (nSPS) is 14.2. The average molecular weight is 428 g/mol. The standard InChI is InChI=1S/C19H17Cl3N2O3/c20-14-10-16(22)17(11-15(14)21)27-12-18(25)23-6-8-24(9-7-23)19(26)13-4-2-1-3-5-13/h1-5,10-11H,6-9,12H2. The highest BCUT2D eigenvalue weighted by molar-refractivity contribution is 6.43. The number of carbonyl (C=O) groups is 2. The zero-order valence-electron chi connectivity index (χ0n) is 14.3. The number of carbonyl (C=O) groups excluding carboxylic acids is 2. The van der Waals surface area contributed by atoms with Gasteiger partial charge in [0.2, 0.25) is 0 Å². The summed E-state index contributed by atoms with van der Waals surface area (Å²) in [6.07, 6.45) is 0. The van der Waals surface area contributed by atoms with Gasteiger partial charge in [0.15, 0.2) is 6.61 Å². The molecule has 2 aromatic carbocycles. The van der Waals surface area contributed by atoms with E-state index in [0.29, 0.717) is 47.5 Å². The van der Waals surface area contributed by atoms with Crippen molar-refractivity contribution in [3.05, 3.63) is 63.1 Å². The van der Waals surface area contributed by atoms with Gasteiger partial charge in [0.1, 0.15) is 5.75 Å². The summed E-state index contributed by atoms with van der Waals surface area (Å²) in [7, 11) is 0. The van der Waals surface area contributed by atoms with E-state index in [-0.39, 0.29) is 23.4 Å². The van der Waals surface area contributed by atoms with Gasteiger partial charge >= 0.3 is 0 Å². The summed E-state index contributed by atoms with van der Waals surface area (Å²) in [6.45, 7) is 1.70. The van der Waals surface area contributed by atoms with Crippen molar-refractivity contribution in [1.29, 1.82) is 0 Å². The highest BCUT2D eigenvalue weighted by atomic mass is 35.5. The lowest BCUT2D eigenvalue weighted by molar-refractivity contribution is -0.134. The Hall–Kier alpha value is -1.95. The van der Waals surface area contributed by atoms with Crippen molar-refractivity contribution in [2.24, 2.45) is 0 Å². The summed E-state index contributed by atoms with van der Waals surface area (Å²) in [4.78, 5) is 28.2. The third-order valence-electron chi connectivity index (χ3n) is 4.27. The lowest BCUT2D eigenvalue weighted by Gasteiger charge is -2.34. The van der Waals surface area contributed by atoms with Gasteiger partial charge in [-0.15, -0.1) is 0 Å². The molecule has 0 atom stereocenters. The Morgan fingerprint density at radius 1 is 0.852 bits per heavy atom. The van der Waals surface area contributed by atoms with Gasteiger partial charge in [0, 0.05) is 37.8 Å². The second-order valence-electron chi connectivity index (χ2n) is 6.02. The average Bonchev–Trinajstić information content (AvgIpc) is 2.69. The van der Waals surface area contributed by atoms with E-state index in [1.807, 2.05) is 18.2 Å². The molecule has 2 amide bonds. The quantitative estimate of drug-likeness (QED) is 0.693. The monoisotopic (exact) mass is 426 g/mol. The summed E-state index contributed by atoms with van der Waals surface area (Å²) in [5.74, 6) is 0.0998. The van der Waals surface area contributed by atoms with Crippen molar-refractivity contribution >= 4 is 46.6 Å². The van der Waals surface area contributed by atoms with Gasteiger partial charge < -0.3 is 14.5 Å². The first kappa shape index (κ1) is 19.8. The van der Waals surface area contributed by atoms with Gasteiger partial charge in [-0.05, 0) is 18.2 Å². The van der Waals surface area contributed by atoms with Gasteiger partial charge in [-0.1, -0.05) is 53.0 Å². The van der Waals surface area contributed by atoms with Crippen LogP contribution in [-0.2, 0) is 4.79 Å². The number of nitrogens with zero attached hydrogens (tertiary/aromatic N) is 2. The van der Waals surface area contributed by atoms with E-state index >= 15 is 0 Å². The minimum atomic E-state index is -0.177. The summed E-state index contributed by atoms with van der Waals surface area (Å²) < 4.78 is 5.48. The topological polar surface area (TPSA) is 49.9 Å². The molecule has 1 heterocycles. The molecule has 0 N–H and O–H groups in total. The van der Waals surface area contributed by atoms with Crippen molar-refractivity contribution in [2.75, 3.05) is 32.8 Å². The Balaban J connectivity index is 1.52. The largest absolute Gasteiger partial charge is 0.482 e. The molecule has 1 aliphatic heterocycles. The molecule has 0 spiro atoms. The fourth-order valence-corrected chi connectivity index (χ4v) is 3.36. The summed E-state index contributed by atoms with van der Waals surface area (Å²) in [6, 6.07) is 12.1. The van der Waals surface area contributed by atoms with Gasteiger partial charge in [-0.25, -0.2) is 0 Å². The van der Waals surface area contributed by atoms with Crippen LogP contribution in [0, 0.1) is 0 Å². The lowest BCUT2D eigenvalue weighted by atomic mass is 10.2. The lowest BCUT2D eigenvalue weighted by Crippen LogP contribution is -2.51. The summed E-state index contributed by atoms with van der Waals surface area (Å²) in [5, 5.41) is 0.909. The first-order chi connectivity index (χ1) is 13.0. The highest BCUT2D eigenvalue weighted by Crippen LogP contribution is 2.33. The van der Waals surface area contributed by atoms with Crippen LogP contribution in [-0.4, -0.2) is 54.4 Å². The first-order valence-electron chi connectivity index (χ1n) is 8.35. The molecule has 0 radical (unpaired) electrons. The smallest absolute Gasteiger partial charge is 0.260 e. The zero-order valence-corrected chi connectivity index (χ0v) is 16.6. The van der Waals surface area contributed by atoms with Crippen LogP contribution < -0.4 is 4.74 Å². The number of amides is 2. The third kappa shape index (κ3) is 4.86. The molecule has 27 heavy (non-hydrogen) atoms. The van der Waals surface area contributed by atoms with Crippen LogP contribution in [0.3, 0.4) is 0 Å². The minimum absolute atomic E-state index is 0.0264. The number of piperazine rings is 1. The van der Waals surface area contributed by atoms with Crippen molar-refractivity contribution in [2.45, 2.75) is 0 Å². The third-order valence-corrected chi connectivity index (χ3v) is 5.28. The Labute approximate surface area is 172 Å². The summed E-state index contributed by atoms with van der Waals surface area (Å²) in [5.41, 5.74) is 0.648. The fraction of sp³-hybridized carbons (Fsp3) is 0.263. The molecule has 1 aliphatic rings. The Morgan fingerprint density at radius 2 is 1.44 bits per heavy atom. The number of halogens is 3. The van der Waals surface area contributed by atoms with Crippen LogP contribution in [0.2, 0.25) is 15.1 Å². The molecule has 1 fully saturated rings. The van der Waals surface area contributed by atoms with Gasteiger partial charge in [0.05, 0.1) is 15.1 Å². The first-order valence-corrected chi connectivity index (χ1v) is 9.48. The van der Waals surface area contributed by atoms with Crippen LogP contribution in [0.5, 0.6) is 5.75 Å². The Morgan fingerprint density at radius 3 is 2.11 bits per heavy atom. The fourth-order valence-electron chi connectivity index (χ4n) is 2.77. The predicted octanol–water partition coefficient (Wildman–Crippen LogP) is 4.01. The molecule has 0 aromatic heterocycles. The number of hydrogen-bond acceptors (Lipinski definition) is 3. The van der Waals surface area contributed by atoms with E-state index in [9.17, 15) is 9.59 Å². The van der Waals surface area contributed by atoms with Crippen molar-refractivity contribution in [3.8, 4) is 5.75 Å². The maximum Gasteiger partial charge on any atom is 0.260 e. The van der Waals surface area contributed by atoms with E-state index < -0.39 is 0 Å². The minimum Gasteiger partial charge on any atom is -0.482 e. The molecule has 1 saturated heterocycles. The van der Waals surface area contributed by atoms with Gasteiger partial charge in [-0.3, -0.25) is 9.59 Å². The molecule has 0 unspecified atom stereocenters. The number of ether oxygens (including phenoxy) is 1. The molecule has 8 heteroatoms. The van der Waals surface area contributed by atoms with E-state index in [4.69, 9.17) is 39.5 Å². The molecule has 2 aromatic rings. The number of benzene rings is 2. The van der Waals surface area contributed by atoms with Crippen molar-refractivity contribution in [3.63, 3.8) is 0 Å². The zero-order chi connectivity index (χ0) is 19.4. The number of rotatable bonds is 4. The molecule has 0 aliphatic carbocycles. The molecule has 142 valence electrons. The molecule has 0 bridgehead atoms. The number of hydrogen-bond donors (Lipinski definition) is 0. The second kappa shape index (κ2) is 8.83. The van der Waals surface area contributed by atoms with Crippen molar-refractivity contribution < 1.29 is 14.3 Å². The molecular formula is C19H17Cl3N2O3. The molecular weight excluding hydrogens is 411 g/mol. The van der Waals surface area contributed by atoms with E-state index in [1.54, 1.807) is 21.9 Å². The maximum absolute atomic E-state index is 12.4. The Kier molecular flexibility index (Phi) is 6.47. The molecule has 3 rings (SSSR count). The SMILES string of the molecule is O=C(COc1cc(Cl)c(Cl)cc1Cl)N1CCN(C(=O)c2ccccc2)CC1. The van der Waals surface area contributed by atoms with Crippen LogP contribution in [0.4, 0.5) is 0 Å². The van der Waals surface area contributed by atoms with Crippen molar-refractivity contribution in [1.82, 2.24) is 9.80 Å². The van der Waals surface area contributed by atoms with E-state index in [2.05, 4.69) is 0 Å². The van der Waals surface area contributed by atoms with Crippen LogP contribution in [0.15, 0.2) is 42.5 Å². The van der Waals surface area contributed by atoms with Gasteiger partial charge in [0.25, 0.3) is 11.8 Å². The van der Waals surface area contributed by atoms with Gasteiger partial charge in [-0.2, -0.15) is 0 Å². The second-order valence-corrected chi connectivity index (χ2v) is 7.25. The predicted molar refractivity (Wildman–Crippen MR) is 106 cm³/mol. The Bertz CT molecular complexity index is 838. The van der Waals surface area contributed by atoms with E-state index in [1.165, 1.54) is 12.1 Å². The molecule has 5 nitrogen and oxygen atoms in total. The van der Waals surface area contributed by atoms with E-state index in [0.717, 1.165) is 0 Å². The maximum atomic E-state index is 12.4. The van der Waals surface area contributed by atoms with Crippen LogP contribution >= 0.6 is 34.8 Å². The molecule has 0 saturated carbocycles. The highest BCUT2D eigenvalue weighted by Gasteiger charge is 2.25. The van der Waals surface area contributed by atoms with Crippen LogP contribution in [0.25, 0.3) is 0 Å².